The number of hydrogen-bond acceptors (Lipinski definition) is 0. The summed E-state index contributed by atoms with van der Waals surface area (Å²) in [7, 11) is 0. The van der Waals surface area contributed by atoms with Gasteiger partial charge in [-0.2, -0.15) is 0 Å². The van der Waals surface area contributed by atoms with Crippen molar-refractivity contribution in [3.05, 3.63) is 0 Å². The van der Waals surface area contributed by atoms with Crippen LogP contribution in [0.3, 0.4) is 0 Å². The molecule has 5 heteroatoms. The molecule has 0 spiro atoms. The third-order valence-corrected chi connectivity index (χ3v) is 0. The maximum absolute atomic E-state index is 0. The minimum atomic E-state index is 0. The molecule has 0 heterocycles. The number of hydrogen-bond donors (Lipinski definition) is 0. The molecular formula is H2CoLaNiOY. The molecule has 5 heavy (non-hydrogen) atoms. The van der Waals surface area contributed by atoms with E-state index < -0.39 is 0 Å². The predicted octanol–water partition coefficient (Wildman–Crippen LogP) is -0.832. The van der Waals surface area contributed by atoms with Gasteiger partial charge in [-0.3, -0.25) is 0 Å². The Morgan fingerprint density at radius 3 is 1.00 bits per heavy atom. The summed E-state index contributed by atoms with van der Waals surface area (Å²) in [6.07, 6.45) is 0. The summed E-state index contributed by atoms with van der Waals surface area (Å²) in [5, 5.41) is 0. The monoisotopic (exact) mass is 363 g/mol. The standard InChI is InChI=1S/Co.La.Ni.H2O.Y/h;;;1H2;. The minimum Gasteiger partial charge on any atom is -0.412 e. The molecule has 0 rings (SSSR count). The van der Waals surface area contributed by atoms with Crippen LogP contribution in [0.25, 0.3) is 0 Å². The first kappa shape index (κ1) is 41.0. The van der Waals surface area contributed by atoms with Crippen molar-refractivity contribution in [3.8, 4) is 0 Å². The summed E-state index contributed by atoms with van der Waals surface area (Å²) in [4.78, 5) is 0. The van der Waals surface area contributed by atoms with Crippen LogP contribution in [0.5, 0.6) is 0 Å². The Morgan fingerprint density at radius 1 is 1.00 bits per heavy atom. The van der Waals surface area contributed by atoms with Crippen molar-refractivity contribution in [1.29, 1.82) is 0 Å². The van der Waals surface area contributed by atoms with Crippen molar-refractivity contribution in [2.24, 2.45) is 0 Å². The maximum atomic E-state index is 0. The van der Waals surface area contributed by atoms with E-state index in [0.29, 0.717) is 0 Å². The van der Waals surface area contributed by atoms with Crippen molar-refractivity contribution in [1.82, 2.24) is 0 Å². The third-order valence-electron chi connectivity index (χ3n) is 0. The molecule has 1 nitrogen and oxygen atoms in total. The van der Waals surface area contributed by atoms with E-state index in [-0.39, 0.29) is 107 Å². The fourth-order valence-electron chi connectivity index (χ4n) is 0. The van der Waals surface area contributed by atoms with Crippen molar-refractivity contribution in [3.63, 3.8) is 0 Å². The van der Waals surface area contributed by atoms with E-state index in [1.807, 2.05) is 0 Å². The second-order valence-corrected chi connectivity index (χ2v) is 0. The summed E-state index contributed by atoms with van der Waals surface area (Å²) in [6, 6.07) is 0. The first-order chi connectivity index (χ1) is 0. The molecule has 0 aromatic rings. The Morgan fingerprint density at radius 2 is 1.00 bits per heavy atom. The van der Waals surface area contributed by atoms with Gasteiger partial charge in [-0.15, -0.1) is 0 Å². The van der Waals surface area contributed by atoms with E-state index in [0.717, 1.165) is 0 Å². The summed E-state index contributed by atoms with van der Waals surface area (Å²) in [5.74, 6) is 0. The van der Waals surface area contributed by atoms with Crippen LogP contribution in [-0.4, -0.2) is 5.48 Å². The molecule has 0 unspecified atom stereocenters. The zero-order valence-corrected chi connectivity index (χ0v) is 10.8. The molecule has 0 atom stereocenters. The molecule has 0 aromatic carbocycles. The van der Waals surface area contributed by atoms with E-state index in [2.05, 4.69) is 0 Å². The van der Waals surface area contributed by atoms with Crippen LogP contribution in [-0.2, 0) is 66.0 Å². The average Bonchev–Trinajstić information content (AvgIpc) is 0. The minimum absolute atomic E-state index is 0. The molecule has 0 amide bonds. The zero-order valence-electron chi connectivity index (χ0n) is 2.30. The molecule has 0 fully saturated rings. The largest absolute Gasteiger partial charge is 0.412 e. The van der Waals surface area contributed by atoms with E-state index in [1.165, 1.54) is 0 Å². The van der Waals surface area contributed by atoms with Crippen LogP contribution < -0.4 is 0 Å². The smallest absolute Gasteiger partial charge is 0 e. The van der Waals surface area contributed by atoms with Gasteiger partial charge < -0.3 is 5.48 Å². The summed E-state index contributed by atoms with van der Waals surface area (Å²) >= 11 is 0. The summed E-state index contributed by atoms with van der Waals surface area (Å²) in [5.41, 5.74) is 0. The van der Waals surface area contributed by atoms with E-state index in [1.54, 1.807) is 0 Å². The molecule has 2 N–H and O–H groups in total. The fraction of sp³-hybridized carbons (Fsp3) is 0. The Kier molecular flexibility index (Phi) is 219. The Balaban J connectivity index is 0. The van der Waals surface area contributed by atoms with Crippen molar-refractivity contribution in [2.45, 2.75) is 0 Å². The molecule has 3 radical (unpaired) electrons. The fourth-order valence-corrected chi connectivity index (χ4v) is 0. The molecule has 0 saturated carbocycles. The van der Waals surface area contributed by atoms with E-state index >= 15 is 0 Å². The van der Waals surface area contributed by atoms with Gasteiger partial charge in [0, 0.05) is 102 Å². The molecule has 33 valence electrons. The molecule has 0 aliphatic rings. The second-order valence-electron chi connectivity index (χ2n) is 0. The Bertz CT molecular complexity index is 11.6. The summed E-state index contributed by atoms with van der Waals surface area (Å²) in [6.45, 7) is 0. The van der Waals surface area contributed by atoms with Crippen molar-refractivity contribution < 1.29 is 107 Å². The van der Waals surface area contributed by atoms with Crippen LogP contribution >= 0.6 is 0 Å². The molecule has 0 aliphatic heterocycles. The molecule has 0 aromatic heterocycles. The first-order valence-electron chi connectivity index (χ1n) is 0. The van der Waals surface area contributed by atoms with Gasteiger partial charge in [0.15, 0.2) is 0 Å². The van der Waals surface area contributed by atoms with Crippen molar-refractivity contribution >= 4 is 0 Å². The van der Waals surface area contributed by atoms with Crippen LogP contribution in [0.15, 0.2) is 0 Å². The zero-order chi connectivity index (χ0) is 0. The third kappa shape index (κ3) is 18.9. The van der Waals surface area contributed by atoms with Crippen LogP contribution in [0.4, 0.5) is 0 Å². The van der Waals surface area contributed by atoms with E-state index in [9.17, 15) is 0 Å². The van der Waals surface area contributed by atoms with Gasteiger partial charge in [0.05, 0.1) is 0 Å². The Labute approximate surface area is 105 Å². The summed E-state index contributed by atoms with van der Waals surface area (Å²) < 4.78 is 0. The van der Waals surface area contributed by atoms with Gasteiger partial charge >= 0.3 is 0 Å². The first-order valence-corrected chi connectivity index (χ1v) is 0. The van der Waals surface area contributed by atoms with Crippen LogP contribution in [0.1, 0.15) is 0 Å². The Hall–Kier alpha value is 3.26. The predicted molar refractivity (Wildman–Crippen MR) is 3.61 cm³/mol. The number of rotatable bonds is 0. The van der Waals surface area contributed by atoms with Gasteiger partial charge in [0.1, 0.15) is 0 Å². The normalized spacial score (nSPS) is 0. The second kappa shape index (κ2) is 26.8. The van der Waals surface area contributed by atoms with Gasteiger partial charge in [0.25, 0.3) is 0 Å². The van der Waals surface area contributed by atoms with Gasteiger partial charge in [-0.25, -0.2) is 0 Å². The van der Waals surface area contributed by atoms with E-state index in [4.69, 9.17) is 0 Å². The van der Waals surface area contributed by atoms with Gasteiger partial charge in [-0.1, -0.05) is 0 Å². The van der Waals surface area contributed by atoms with Gasteiger partial charge in [0.2, 0.25) is 0 Å². The van der Waals surface area contributed by atoms with Crippen molar-refractivity contribution in [2.75, 3.05) is 0 Å². The molecule has 0 bridgehead atoms. The van der Waals surface area contributed by atoms with Gasteiger partial charge in [-0.05, 0) is 0 Å². The molecule has 0 aliphatic carbocycles. The SMILES string of the molecule is O.[Co].[La].[Ni].[Y]. The topological polar surface area (TPSA) is 31.5 Å². The quantitative estimate of drug-likeness (QED) is 0.503. The molecular weight excluding hydrogens is 361 g/mol. The van der Waals surface area contributed by atoms with Crippen LogP contribution in [0, 0.1) is 35.6 Å². The molecule has 0 saturated heterocycles. The average molecular weight is 363 g/mol. The van der Waals surface area contributed by atoms with Crippen LogP contribution in [0.2, 0.25) is 0 Å². The maximum Gasteiger partial charge on any atom is 0 e.